The molecule has 0 radical (unpaired) electrons. The zero-order valence-corrected chi connectivity index (χ0v) is 23.2. The molecule has 3 N–H and O–H groups in total. The van der Waals surface area contributed by atoms with Crippen LogP contribution in [-0.2, 0) is 22.5 Å². The summed E-state index contributed by atoms with van der Waals surface area (Å²) in [5, 5.41) is 2.93. The van der Waals surface area contributed by atoms with Crippen molar-refractivity contribution in [2.75, 3.05) is 26.8 Å². The third-order valence-corrected chi connectivity index (χ3v) is 6.59. The Hall–Kier alpha value is -3.26. The van der Waals surface area contributed by atoms with Crippen molar-refractivity contribution in [3.8, 4) is 11.5 Å². The summed E-state index contributed by atoms with van der Waals surface area (Å²) in [7, 11) is 1.60. The minimum atomic E-state index is -0.587. The molecule has 1 aliphatic heterocycles. The second-order valence-corrected chi connectivity index (χ2v) is 10.9. The molecule has 0 aliphatic carbocycles. The average molecular weight is 526 g/mol. The third-order valence-electron chi connectivity index (χ3n) is 6.59. The van der Waals surface area contributed by atoms with Gasteiger partial charge in [-0.3, -0.25) is 4.79 Å². The van der Waals surface area contributed by atoms with Crippen LogP contribution in [0.25, 0.3) is 0 Å². The highest BCUT2D eigenvalue weighted by Crippen LogP contribution is 2.26. The molecule has 8 nitrogen and oxygen atoms in total. The molecular weight excluding hydrogens is 482 g/mol. The van der Waals surface area contributed by atoms with Crippen molar-refractivity contribution in [3.63, 3.8) is 0 Å². The molecular formula is C30H43N3O5. The molecule has 208 valence electrons. The topological polar surface area (TPSA) is 103 Å². The lowest BCUT2D eigenvalue weighted by molar-refractivity contribution is -0.122. The number of piperidine rings is 1. The first kappa shape index (κ1) is 29.3. The van der Waals surface area contributed by atoms with Crippen LogP contribution in [0.1, 0.15) is 57.6 Å². The van der Waals surface area contributed by atoms with E-state index in [1.54, 1.807) is 12.0 Å². The van der Waals surface area contributed by atoms with Crippen LogP contribution in [-0.4, -0.2) is 55.3 Å². The second kappa shape index (κ2) is 14.0. The van der Waals surface area contributed by atoms with Gasteiger partial charge in [0, 0.05) is 25.2 Å². The molecule has 1 heterocycles. The number of methoxy groups -OCH3 is 1. The summed E-state index contributed by atoms with van der Waals surface area (Å²) < 4.78 is 17.0. The molecule has 1 aliphatic rings. The van der Waals surface area contributed by atoms with Crippen molar-refractivity contribution in [1.82, 2.24) is 10.2 Å². The van der Waals surface area contributed by atoms with Gasteiger partial charge >= 0.3 is 6.09 Å². The number of hydrogen-bond donors (Lipinski definition) is 2. The van der Waals surface area contributed by atoms with E-state index in [-0.39, 0.29) is 12.0 Å². The number of amides is 2. The van der Waals surface area contributed by atoms with Crippen molar-refractivity contribution in [3.05, 3.63) is 59.7 Å². The molecule has 0 spiro atoms. The standard InChI is InChI=1S/C30H43N3O5/c1-30(2,3)38-29(35)33-17-8-11-23(21-33)16-18-37-25-13-15-27(36-4)24(19-25)20-32-28(34)26(31)14-12-22-9-6-5-7-10-22/h5-7,9-10,13,15,19,23,26H,8,11-12,14,16-18,20-21,31H2,1-4H3,(H,32,34). The number of hydrogen-bond acceptors (Lipinski definition) is 6. The van der Waals surface area contributed by atoms with Gasteiger partial charge < -0.3 is 30.2 Å². The van der Waals surface area contributed by atoms with Crippen LogP contribution in [0.3, 0.4) is 0 Å². The number of nitrogens with one attached hydrogen (secondary N) is 1. The van der Waals surface area contributed by atoms with Gasteiger partial charge in [-0.2, -0.15) is 0 Å². The summed E-state index contributed by atoms with van der Waals surface area (Å²) in [6.45, 7) is 7.90. The lowest BCUT2D eigenvalue weighted by atomic mass is 9.95. The van der Waals surface area contributed by atoms with Crippen LogP contribution in [0.4, 0.5) is 4.79 Å². The highest BCUT2D eigenvalue weighted by molar-refractivity contribution is 5.81. The van der Waals surface area contributed by atoms with Crippen LogP contribution in [0, 0.1) is 5.92 Å². The molecule has 2 atom stereocenters. The number of ether oxygens (including phenoxy) is 3. The number of likely N-dealkylation sites (tertiary alicyclic amines) is 1. The fourth-order valence-corrected chi connectivity index (χ4v) is 4.53. The minimum Gasteiger partial charge on any atom is -0.496 e. The first-order valence-electron chi connectivity index (χ1n) is 13.5. The third kappa shape index (κ3) is 9.56. The maximum Gasteiger partial charge on any atom is 0.410 e. The van der Waals surface area contributed by atoms with Crippen LogP contribution in [0.15, 0.2) is 48.5 Å². The number of benzene rings is 2. The largest absolute Gasteiger partial charge is 0.496 e. The molecule has 0 saturated carbocycles. The molecule has 2 unspecified atom stereocenters. The Kier molecular flexibility index (Phi) is 10.8. The van der Waals surface area contributed by atoms with Gasteiger partial charge in [0.15, 0.2) is 0 Å². The van der Waals surface area contributed by atoms with Gasteiger partial charge in [-0.05, 0) is 82.6 Å². The Balaban J connectivity index is 1.46. The smallest absolute Gasteiger partial charge is 0.410 e. The molecule has 0 bridgehead atoms. The fourth-order valence-electron chi connectivity index (χ4n) is 4.53. The minimum absolute atomic E-state index is 0.193. The number of nitrogens with zero attached hydrogens (tertiary/aromatic N) is 1. The lowest BCUT2D eigenvalue weighted by Crippen LogP contribution is -2.43. The van der Waals surface area contributed by atoms with Crippen LogP contribution in [0.5, 0.6) is 11.5 Å². The summed E-state index contributed by atoms with van der Waals surface area (Å²) in [6.07, 6.45) is 3.94. The Morgan fingerprint density at radius 2 is 1.92 bits per heavy atom. The summed E-state index contributed by atoms with van der Waals surface area (Å²) in [4.78, 5) is 26.8. The SMILES string of the molecule is COc1ccc(OCCC2CCCN(C(=O)OC(C)(C)C)C2)cc1CNC(=O)C(N)CCc1ccccc1. The normalized spacial score (nSPS) is 16.4. The monoisotopic (exact) mass is 525 g/mol. The van der Waals surface area contributed by atoms with E-state index in [1.165, 1.54) is 0 Å². The van der Waals surface area contributed by atoms with Gasteiger partial charge in [-0.1, -0.05) is 30.3 Å². The summed E-state index contributed by atoms with van der Waals surface area (Å²) in [5.74, 6) is 1.56. The Morgan fingerprint density at radius 1 is 1.16 bits per heavy atom. The molecule has 2 aromatic carbocycles. The predicted octanol–water partition coefficient (Wildman–Crippen LogP) is 4.69. The van der Waals surface area contributed by atoms with Gasteiger partial charge in [0.25, 0.3) is 0 Å². The van der Waals surface area contributed by atoms with E-state index in [2.05, 4.69) is 5.32 Å². The number of carbonyl (C=O) groups excluding carboxylic acids is 2. The zero-order chi connectivity index (χ0) is 27.5. The highest BCUT2D eigenvalue weighted by atomic mass is 16.6. The number of aryl methyl sites for hydroxylation is 1. The molecule has 3 rings (SSSR count). The molecule has 2 amide bonds. The highest BCUT2D eigenvalue weighted by Gasteiger charge is 2.27. The van der Waals surface area contributed by atoms with E-state index >= 15 is 0 Å². The van der Waals surface area contributed by atoms with Crippen molar-refractivity contribution in [1.29, 1.82) is 0 Å². The maximum absolute atomic E-state index is 12.6. The summed E-state index contributed by atoms with van der Waals surface area (Å²) in [5.41, 5.74) is 7.61. The number of carbonyl (C=O) groups is 2. The van der Waals surface area contributed by atoms with Gasteiger partial charge in [0.2, 0.25) is 5.91 Å². The van der Waals surface area contributed by atoms with E-state index in [9.17, 15) is 9.59 Å². The second-order valence-electron chi connectivity index (χ2n) is 10.9. The molecule has 1 fully saturated rings. The van der Waals surface area contributed by atoms with Crippen molar-refractivity contribution >= 4 is 12.0 Å². The van der Waals surface area contributed by atoms with E-state index < -0.39 is 11.6 Å². The van der Waals surface area contributed by atoms with Crippen molar-refractivity contribution in [2.45, 2.75) is 71.1 Å². The van der Waals surface area contributed by atoms with Crippen molar-refractivity contribution in [2.24, 2.45) is 11.7 Å². The van der Waals surface area contributed by atoms with Crippen LogP contribution < -0.4 is 20.5 Å². The van der Waals surface area contributed by atoms with Gasteiger partial charge in [0.1, 0.15) is 17.1 Å². The Labute approximate surface area is 226 Å². The predicted molar refractivity (Wildman–Crippen MR) is 148 cm³/mol. The average Bonchev–Trinajstić information content (AvgIpc) is 2.90. The van der Waals surface area contributed by atoms with Crippen molar-refractivity contribution < 1.29 is 23.8 Å². The van der Waals surface area contributed by atoms with Crippen LogP contribution in [0.2, 0.25) is 0 Å². The number of nitrogens with two attached hydrogens (primary N) is 1. The van der Waals surface area contributed by atoms with E-state index in [0.29, 0.717) is 43.5 Å². The first-order valence-corrected chi connectivity index (χ1v) is 13.5. The zero-order valence-electron chi connectivity index (χ0n) is 23.2. The maximum atomic E-state index is 12.6. The van der Waals surface area contributed by atoms with E-state index in [0.717, 1.165) is 43.4 Å². The summed E-state index contributed by atoms with van der Waals surface area (Å²) >= 11 is 0. The molecule has 1 saturated heterocycles. The van der Waals surface area contributed by atoms with Gasteiger partial charge in [-0.25, -0.2) is 4.79 Å². The molecule has 0 aromatic heterocycles. The summed E-state index contributed by atoms with van der Waals surface area (Å²) in [6, 6.07) is 15.0. The van der Waals surface area contributed by atoms with Crippen LogP contribution >= 0.6 is 0 Å². The van der Waals surface area contributed by atoms with Gasteiger partial charge in [-0.15, -0.1) is 0 Å². The Bertz CT molecular complexity index is 1040. The van der Waals surface area contributed by atoms with E-state index in [4.69, 9.17) is 19.9 Å². The van der Waals surface area contributed by atoms with E-state index in [1.807, 2.05) is 69.3 Å². The first-order chi connectivity index (χ1) is 18.1. The molecule has 38 heavy (non-hydrogen) atoms. The molecule has 8 heteroatoms. The van der Waals surface area contributed by atoms with Gasteiger partial charge in [0.05, 0.1) is 19.8 Å². The Morgan fingerprint density at radius 3 is 2.63 bits per heavy atom. The molecule has 2 aromatic rings. The quantitative estimate of drug-likeness (QED) is 0.441. The number of rotatable bonds is 11. The lowest BCUT2D eigenvalue weighted by Gasteiger charge is -2.34. The fraction of sp³-hybridized carbons (Fsp3) is 0.533.